The zero-order valence-electron chi connectivity index (χ0n) is 15.2. The number of amides is 1. The highest BCUT2D eigenvalue weighted by Crippen LogP contribution is 2.27. The number of carbonyl (C=O) groups excluding carboxylic acids is 1. The first-order valence-corrected chi connectivity index (χ1v) is 11.2. The third-order valence-electron chi connectivity index (χ3n) is 4.73. The molecule has 0 saturated carbocycles. The predicted molar refractivity (Wildman–Crippen MR) is 104 cm³/mol. The van der Waals surface area contributed by atoms with Gasteiger partial charge in [0.25, 0.3) is 0 Å². The summed E-state index contributed by atoms with van der Waals surface area (Å²) in [6, 6.07) is 3.80. The zero-order valence-corrected chi connectivity index (χ0v) is 16.8. The van der Waals surface area contributed by atoms with Crippen LogP contribution in [-0.4, -0.2) is 47.6 Å². The zero-order chi connectivity index (χ0) is 18.9. The summed E-state index contributed by atoms with van der Waals surface area (Å²) in [5.74, 6) is 0.289. The minimum Gasteiger partial charge on any atom is -0.338 e. The van der Waals surface area contributed by atoms with Crippen LogP contribution in [0.2, 0.25) is 0 Å². The maximum atomic E-state index is 12.4. The number of thiophene rings is 1. The Kier molecular flexibility index (Phi) is 5.34. The summed E-state index contributed by atoms with van der Waals surface area (Å²) < 4.78 is 25.3. The lowest BCUT2D eigenvalue weighted by Gasteiger charge is -2.16. The van der Waals surface area contributed by atoms with Gasteiger partial charge in [0.1, 0.15) is 0 Å². The van der Waals surface area contributed by atoms with E-state index in [0.717, 1.165) is 21.8 Å². The molecule has 0 radical (unpaired) electrons. The summed E-state index contributed by atoms with van der Waals surface area (Å²) in [5, 5.41) is 6.53. The van der Waals surface area contributed by atoms with E-state index >= 15 is 0 Å². The summed E-state index contributed by atoms with van der Waals surface area (Å²) >= 11 is 1.58. The highest BCUT2D eigenvalue weighted by Gasteiger charge is 2.31. The van der Waals surface area contributed by atoms with Gasteiger partial charge >= 0.3 is 0 Å². The van der Waals surface area contributed by atoms with E-state index in [1.807, 2.05) is 42.1 Å². The number of sulfone groups is 1. The molecule has 1 fully saturated rings. The van der Waals surface area contributed by atoms with E-state index in [2.05, 4.69) is 5.10 Å². The van der Waals surface area contributed by atoms with Gasteiger partial charge in [-0.2, -0.15) is 5.10 Å². The van der Waals surface area contributed by atoms with Gasteiger partial charge in [-0.25, -0.2) is 8.42 Å². The molecule has 1 atom stereocenters. The molecule has 1 amide bonds. The second-order valence-corrected chi connectivity index (χ2v) is 9.90. The number of aryl methyl sites for hydroxylation is 1. The smallest absolute Gasteiger partial charge is 0.246 e. The van der Waals surface area contributed by atoms with Gasteiger partial charge in [0.05, 0.1) is 23.2 Å². The number of likely N-dealkylation sites (N-methyl/N-ethyl adjacent to an activating group) is 1. The molecule has 3 rings (SSSR count). The molecule has 1 saturated heterocycles. The van der Waals surface area contributed by atoms with Crippen LogP contribution in [0.5, 0.6) is 0 Å². The SMILES string of the molecule is Cc1nn([C@H]2CCS(=O)(=O)C2)c(C)c1CN(C)C(=O)/C=C/c1cccs1. The van der Waals surface area contributed by atoms with Crippen molar-refractivity contribution in [2.75, 3.05) is 18.6 Å². The lowest BCUT2D eigenvalue weighted by atomic mass is 10.1. The molecule has 6 nitrogen and oxygen atoms in total. The van der Waals surface area contributed by atoms with Crippen LogP contribution in [-0.2, 0) is 21.2 Å². The minimum atomic E-state index is -2.96. The van der Waals surface area contributed by atoms with Gasteiger partial charge in [-0.1, -0.05) is 6.07 Å². The Balaban J connectivity index is 1.72. The fourth-order valence-electron chi connectivity index (χ4n) is 3.23. The highest BCUT2D eigenvalue weighted by molar-refractivity contribution is 7.91. The van der Waals surface area contributed by atoms with Gasteiger partial charge in [0, 0.05) is 35.8 Å². The second-order valence-electron chi connectivity index (χ2n) is 6.69. The number of carbonyl (C=O) groups is 1. The fourth-order valence-corrected chi connectivity index (χ4v) is 5.54. The molecule has 26 heavy (non-hydrogen) atoms. The van der Waals surface area contributed by atoms with Crippen molar-refractivity contribution >= 4 is 33.2 Å². The monoisotopic (exact) mass is 393 g/mol. The Morgan fingerprint density at radius 2 is 2.23 bits per heavy atom. The Morgan fingerprint density at radius 1 is 1.46 bits per heavy atom. The van der Waals surface area contributed by atoms with Crippen molar-refractivity contribution in [1.29, 1.82) is 0 Å². The Morgan fingerprint density at radius 3 is 2.85 bits per heavy atom. The van der Waals surface area contributed by atoms with Crippen LogP contribution in [0.1, 0.15) is 34.3 Å². The first-order chi connectivity index (χ1) is 12.3. The molecule has 0 aromatic carbocycles. The topological polar surface area (TPSA) is 72.3 Å². The molecular weight excluding hydrogens is 370 g/mol. The van der Waals surface area contributed by atoms with E-state index < -0.39 is 9.84 Å². The van der Waals surface area contributed by atoms with Crippen molar-refractivity contribution in [2.45, 2.75) is 32.9 Å². The molecule has 0 spiro atoms. The molecule has 0 N–H and O–H groups in total. The van der Waals surface area contributed by atoms with Crippen LogP contribution >= 0.6 is 11.3 Å². The molecule has 1 aliphatic rings. The predicted octanol–water partition coefficient (Wildman–Crippen LogP) is 2.59. The number of rotatable bonds is 5. The molecule has 2 aromatic heterocycles. The maximum absolute atomic E-state index is 12.4. The Hall–Kier alpha value is -1.93. The van der Waals surface area contributed by atoms with Gasteiger partial charge in [-0.3, -0.25) is 9.48 Å². The van der Waals surface area contributed by atoms with E-state index in [0.29, 0.717) is 13.0 Å². The molecule has 2 aromatic rings. The van der Waals surface area contributed by atoms with Crippen molar-refractivity contribution in [3.05, 3.63) is 45.4 Å². The Labute approximate surface area is 158 Å². The van der Waals surface area contributed by atoms with E-state index in [4.69, 9.17) is 0 Å². The summed E-state index contributed by atoms with van der Waals surface area (Å²) in [4.78, 5) is 15.0. The Bertz CT molecular complexity index is 927. The summed E-state index contributed by atoms with van der Waals surface area (Å²) in [5.41, 5.74) is 2.76. The van der Waals surface area contributed by atoms with Gasteiger partial charge in [0.2, 0.25) is 5.91 Å². The van der Waals surface area contributed by atoms with Crippen LogP contribution in [0.25, 0.3) is 6.08 Å². The van der Waals surface area contributed by atoms with Crippen LogP contribution < -0.4 is 0 Å². The second kappa shape index (κ2) is 7.36. The number of nitrogens with zero attached hydrogens (tertiary/aromatic N) is 3. The molecule has 0 bridgehead atoms. The lowest BCUT2D eigenvalue weighted by molar-refractivity contribution is -0.125. The van der Waals surface area contributed by atoms with Gasteiger partial charge in [-0.05, 0) is 37.8 Å². The maximum Gasteiger partial charge on any atom is 0.246 e. The number of hydrogen-bond acceptors (Lipinski definition) is 5. The van der Waals surface area contributed by atoms with Crippen molar-refractivity contribution in [1.82, 2.24) is 14.7 Å². The third-order valence-corrected chi connectivity index (χ3v) is 7.32. The lowest BCUT2D eigenvalue weighted by Crippen LogP contribution is -2.24. The summed E-state index contributed by atoms with van der Waals surface area (Å²) in [6.07, 6.45) is 3.99. The van der Waals surface area contributed by atoms with Gasteiger partial charge in [-0.15, -0.1) is 11.3 Å². The minimum absolute atomic E-state index is 0.0756. The van der Waals surface area contributed by atoms with Crippen molar-refractivity contribution in [3.8, 4) is 0 Å². The van der Waals surface area contributed by atoms with E-state index in [1.165, 1.54) is 0 Å². The van der Waals surface area contributed by atoms with Crippen LogP contribution in [0.15, 0.2) is 23.6 Å². The first kappa shape index (κ1) is 18.8. The first-order valence-electron chi connectivity index (χ1n) is 8.48. The standard InChI is InChI=1S/C18H23N3O3S2/c1-13-17(11-20(3)18(22)7-6-16-5-4-9-25-16)14(2)21(19-13)15-8-10-26(23,24)12-15/h4-7,9,15H,8,10-12H2,1-3H3/b7-6+/t15-/m0/s1. The van der Waals surface area contributed by atoms with E-state index in [-0.39, 0.29) is 23.5 Å². The number of hydrogen-bond donors (Lipinski definition) is 0. The summed E-state index contributed by atoms with van der Waals surface area (Å²) in [6.45, 7) is 4.30. The molecule has 1 aliphatic heterocycles. The molecular formula is C18H23N3O3S2. The van der Waals surface area contributed by atoms with Crippen molar-refractivity contribution in [3.63, 3.8) is 0 Å². The van der Waals surface area contributed by atoms with E-state index in [1.54, 1.807) is 29.4 Å². The number of aromatic nitrogens is 2. The molecule has 140 valence electrons. The van der Waals surface area contributed by atoms with Crippen LogP contribution in [0, 0.1) is 13.8 Å². The highest BCUT2D eigenvalue weighted by atomic mass is 32.2. The average Bonchev–Trinajstić information content (AvgIpc) is 3.28. The van der Waals surface area contributed by atoms with Crippen LogP contribution in [0.3, 0.4) is 0 Å². The van der Waals surface area contributed by atoms with Crippen LogP contribution in [0.4, 0.5) is 0 Å². The van der Waals surface area contributed by atoms with E-state index in [9.17, 15) is 13.2 Å². The van der Waals surface area contributed by atoms with Crippen molar-refractivity contribution in [2.24, 2.45) is 0 Å². The third kappa shape index (κ3) is 4.07. The van der Waals surface area contributed by atoms with Gasteiger partial charge in [0.15, 0.2) is 9.84 Å². The molecule has 0 aliphatic carbocycles. The van der Waals surface area contributed by atoms with Crippen molar-refractivity contribution < 1.29 is 13.2 Å². The van der Waals surface area contributed by atoms with Gasteiger partial charge < -0.3 is 4.90 Å². The molecule has 3 heterocycles. The summed E-state index contributed by atoms with van der Waals surface area (Å²) in [7, 11) is -1.20. The molecule has 0 unspecified atom stereocenters. The largest absolute Gasteiger partial charge is 0.338 e. The normalized spacial score (nSPS) is 19.3. The average molecular weight is 394 g/mol. The fraction of sp³-hybridized carbons (Fsp3) is 0.444. The molecule has 8 heteroatoms. The quantitative estimate of drug-likeness (QED) is 0.732.